The van der Waals surface area contributed by atoms with Gasteiger partial charge in [-0.05, 0) is 26.0 Å². The van der Waals surface area contributed by atoms with Crippen molar-refractivity contribution in [3.05, 3.63) is 34.5 Å². The zero-order valence-electron chi connectivity index (χ0n) is 15.5. The molecule has 27 heavy (non-hydrogen) atoms. The van der Waals surface area contributed by atoms with E-state index in [0.29, 0.717) is 28.7 Å². The second-order valence-corrected chi connectivity index (χ2v) is 7.64. The second kappa shape index (κ2) is 8.33. The highest BCUT2D eigenvalue weighted by atomic mass is 32.1. The summed E-state index contributed by atoms with van der Waals surface area (Å²) in [5.41, 5.74) is 0.446. The van der Waals surface area contributed by atoms with Gasteiger partial charge in [-0.25, -0.2) is 9.18 Å². The minimum Gasteiger partial charge on any atom is -0.451 e. The van der Waals surface area contributed by atoms with Crippen LogP contribution in [0.3, 0.4) is 0 Å². The number of halogens is 1. The molecule has 1 aromatic heterocycles. The molecule has 0 bridgehead atoms. The van der Waals surface area contributed by atoms with Crippen LogP contribution in [0.15, 0.2) is 18.2 Å². The van der Waals surface area contributed by atoms with Crippen LogP contribution in [-0.4, -0.2) is 55.8 Å². The first-order chi connectivity index (χ1) is 12.9. The quantitative estimate of drug-likeness (QED) is 0.729. The van der Waals surface area contributed by atoms with Gasteiger partial charge in [-0.15, -0.1) is 11.3 Å². The summed E-state index contributed by atoms with van der Waals surface area (Å²) in [6.07, 6.45) is -0.125. The molecule has 1 fully saturated rings. The Morgan fingerprint density at radius 1 is 1.30 bits per heavy atom. The van der Waals surface area contributed by atoms with Crippen molar-refractivity contribution in [3.8, 4) is 0 Å². The number of methoxy groups -OCH3 is 1. The Balaban J connectivity index is 1.73. The van der Waals surface area contributed by atoms with Crippen LogP contribution in [0.25, 0.3) is 10.1 Å². The summed E-state index contributed by atoms with van der Waals surface area (Å²) >= 11 is 1.13. The van der Waals surface area contributed by atoms with Crippen molar-refractivity contribution in [2.45, 2.75) is 32.7 Å². The molecule has 0 spiro atoms. The van der Waals surface area contributed by atoms with E-state index in [2.05, 4.69) is 0 Å². The number of rotatable bonds is 5. The van der Waals surface area contributed by atoms with E-state index in [9.17, 15) is 14.0 Å². The van der Waals surface area contributed by atoms with Crippen molar-refractivity contribution in [3.63, 3.8) is 0 Å². The molecule has 3 rings (SSSR count). The van der Waals surface area contributed by atoms with Gasteiger partial charge in [0, 0.05) is 35.8 Å². The van der Waals surface area contributed by atoms with Gasteiger partial charge in [0.1, 0.15) is 10.7 Å². The Bertz CT molecular complexity index is 842. The second-order valence-electron chi connectivity index (χ2n) is 6.59. The predicted octanol–water partition coefficient (Wildman–Crippen LogP) is 2.98. The van der Waals surface area contributed by atoms with Crippen molar-refractivity contribution in [1.29, 1.82) is 0 Å². The molecule has 2 heterocycles. The number of morpholine rings is 1. The molecular formula is C19H22FNO5S. The molecule has 1 aliphatic rings. The van der Waals surface area contributed by atoms with Crippen molar-refractivity contribution in [2.24, 2.45) is 0 Å². The maximum atomic E-state index is 14.2. The molecule has 1 amide bonds. The van der Waals surface area contributed by atoms with E-state index < -0.39 is 11.8 Å². The summed E-state index contributed by atoms with van der Waals surface area (Å²) in [4.78, 5) is 26.8. The van der Waals surface area contributed by atoms with Crippen LogP contribution in [0.4, 0.5) is 4.39 Å². The van der Waals surface area contributed by atoms with Gasteiger partial charge >= 0.3 is 5.97 Å². The third-order valence-corrected chi connectivity index (χ3v) is 5.51. The lowest BCUT2D eigenvalue weighted by Crippen LogP contribution is -2.49. The normalized spacial score (nSPS) is 20.1. The number of ether oxygens (including phenoxy) is 3. The highest BCUT2D eigenvalue weighted by Crippen LogP contribution is 2.34. The molecule has 1 aromatic carbocycles. The van der Waals surface area contributed by atoms with Crippen LogP contribution in [0.1, 0.15) is 29.1 Å². The number of amides is 1. The average molecular weight is 395 g/mol. The zero-order valence-corrected chi connectivity index (χ0v) is 16.3. The third kappa shape index (κ3) is 4.28. The molecule has 0 unspecified atom stereocenters. The molecule has 2 aromatic rings. The summed E-state index contributed by atoms with van der Waals surface area (Å²) < 4.78 is 30.8. The first-order valence-corrected chi connectivity index (χ1v) is 9.51. The van der Waals surface area contributed by atoms with Gasteiger partial charge < -0.3 is 19.1 Å². The average Bonchev–Trinajstić information content (AvgIpc) is 2.99. The Morgan fingerprint density at radius 2 is 2.00 bits per heavy atom. The standard InChI is InChI=1S/C19H22FNO5S/c1-11-7-21(8-12(2)26-11)16(22)10-25-19(23)18-13(9-24-3)17-14(20)5-4-6-15(17)27-18/h4-6,11-12H,7-10H2,1-3H3/t11-,12-/m1/s1. The number of esters is 1. The van der Waals surface area contributed by atoms with Crippen molar-refractivity contribution < 1.29 is 28.2 Å². The molecule has 0 radical (unpaired) electrons. The maximum Gasteiger partial charge on any atom is 0.349 e. The van der Waals surface area contributed by atoms with Gasteiger partial charge in [-0.2, -0.15) is 0 Å². The fraction of sp³-hybridized carbons (Fsp3) is 0.474. The zero-order chi connectivity index (χ0) is 19.6. The van der Waals surface area contributed by atoms with E-state index in [-0.39, 0.29) is 36.2 Å². The number of carbonyl (C=O) groups excluding carboxylic acids is 2. The van der Waals surface area contributed by atoms with Gasteiger partial charge in [0.15, 0.2) is 6.61 Å². The van der Waals surface area contributed by atoms with E-state index in [4.69, 9.17) is 14.2 Å². The molecule has 0 saturated carbocycles. The Kier molecular flexibility index (Phi) is 6.08. The van der Waals surface area contributed by atoms with Gasteiger partial charge in [0.05, 0.1) is 18.8 Å². The van der Waals surface area contributed by atoms with E-state index in [1.54, 1.807) is 17.0 Å². The van der Waals surface area contributed by atoms with Crippen LogP contribution < -0.4 is 0 Å². The summed E-state index contributed by atoms with van der Waals surface area (Å²) in [6.45, 7) is 4.43. The van der Waals surface area contributed by atoms with Crippen molar-refractivity contribution >= 4 is 33.3 Å². The summed E-state index contributed by atoms with van der Waals surface area (Å²) in [5.74, 6) is -1.33. The maximum absolute atomic E-state index is 14.2. The summed E-state index contributed by atoms with van der Waals surface area (Å²) in [7, 11) is 1.48. The van der Waals surface area contributed by atoms with Crippen LogP contribution in [0.5, 0.6) is 0 Å². The lowest BCUT2D eigenvalue weighted by molar-refractivity contribution is -0.146. The summed E-state index contributed by atoms with van der Waals surface area (Å²) in [5, 5.41) is 0.360. The molecule has 0 N–H and O–H groups in total. The molecule has 0 aliphatic carbocycles. The first-order valence-electron chi connectivity index (χ1n) is 8.69. The van der Waals surface area contributed by atoms with Crippen molar-refractivity contribution in [1.82, 2.24) is 4.90 Å². The number of nitrogens with zero attached hydrogens (tertiary/aromatic N) is 1. The van der Waals surface area contributed by atoms with Gasteiger partial charge in [0.25, 0.3) is 5.91 Å². The highest BCUT2D eigenvalue weighted by Gasteiger charge is 2.27. The SMILES string of the molecule is COCc1c(C(=O)OCC(=O)N2C[C@@H](C)O[C@H](C)C2)sc2cccc(F)c12. The number of carbonyl (C=O) groups is 2. The monoisotopic (exact) mass is 395 g/mol. The number of hydrogen-bond acceptors (Lipinski definition) is 6. The highest BCUT2D eigenvalue weighted by molar-refractivity contribution is 7.21. The lowest BCUT2D eigenvalue weighted by Gasteiger charge is -2.35. The first kappa shape index (κ1) is 19.7. The fourth-order valence-corrected chi connectivity index (χ4v) is 4.40. The third-order valence-electron chi connectivity index (χ3n) is 4.34. The van der Waals surface area contributed by atoms with E-state index in [0.717, 1.165) is 11.3 Å². The number of hydrogen-bond donors (Lipinski definition) is 0. The van der Waals surface area contributed by atoms with Crippen molar-refractivity contribution in [2.75, 3.05) is 26.8 Å². The number of benzene rings is 1. The molecule has 1 saturated heterocycles. The minimum absolute atomic E-state index is 0.0627. The van der Waals surface area contributed by atoms with Gasteiger partial charge in [-0.1, -0.05) is 6.07 Å². The van der Waals surface area contributed by atoms with E-state index >= 15 is 0 Å². The molecule has 6 nitrogen and oxygen atoms in total. The van der Waals surface area contributed by atoms with Crippen LogP contribution >= 0.6 is 11.3 Å². The fourth-order valence-electron chi connectivity index (χ4n) is 3.28. The van der Waals surface area contributed by atoms with Gasteiger partial charge in [0.2, 0.25) is 0 Å². The number of thiophene rings is 1. The molecule has 2 atom stereocenters. The van der Waals surface area contributed by atoms with Crippen LogP contribution in [0.2, 0.25) is 0 Å². The van der Waals surface area contributed by atoms with E-state index in [1.807, 2.05) is 13.8 Å². The van der Waals surface area contributed by atoms with E-state index in [1.165, 1.54) is 13.2 Å². The van der Waals surface area contributed by atoms with Crippen LogP contribution in [0, 0.1) is 5.82 Å². The molecule has 146 valence electrons. The smallest absolute Gasteiger partial charge is 0.349 e. The van der Waals surface area contributed by atoms with Gasteiger partial charge in [-0.3, -0.25) is 4.79 Å². The lowest BCUT2D eigenvalue weighted by atomic mass is 10.1. The Labute approximate surface area is 160 Å². The topological polar surface area (TPSA) is 65.1 Å². The molecule has 8 heteroatoms. The molecular weight excluding hydrogens is 373 g/mol. The number of fused-ring (bicyclic) bond motifs is 1. The predicted molar refractivity (Wildman–Crippen MR) is 99.4 cm³/mol. The summed E-state index contributed by atoms with van der Waals surface area (Å²) in [6, 6.07) is 4.67. The largest absolute Gasteiger partial charge is 0.451 e. The minimum atomic E-state index is -0.648. The Morgan fingerprint density at radius 3 is 2.67 bits per heavy atom. The van der Waals surface area contributed by atoms with Crippen LogP contribution in [-0.2, 0) is 25.6 Å². The molecule has 1 aliphatic heterocycles. The Hall–Kier alpha value is -2.03.